The Kier molecular flexibility index (Phi) is 1.62. The van der Waals surface area contributed by atoms with E-state index in [0.717, 1.165) is 13.0 Å². The summed E-state index contributed by atoms with van der Waals surface area (Å²) in [4.78, 5) is 3.98. The summed E-state index contributed by atoms with van der Waals surface area (Å²) in [6.45, 7) is 3.24. The minimum Gasteiger partial charge on any atom is -0.310 e. The Morgan fingerprint density at radius 1 is 1.73 bits per heavy atom. The summed E-state index contributed by atoms with van der Waals surface area (Å²) >= 11 is 0. The highest BCUT2D eigenvalue weighted by Crippen LogP contribution is 2.19. The van der Waals surface area contributed by atoms with E-state index in [1.807, 2.05) is 12.3 Å². The third kappa shape index (κ3) is 1.14. The topological polar surface area (TPSA) is 24.9 Å². The summed E-state index contributed by atoms with van der Waals surface area (Å²) in [5.41, 5.74) is 2.72. The molecule has 2 nitrogen and oxygen atoms in total. The number of hydrogen-bond donors (Lipinski definition) is 1. The first-order valence-corrected chi connectivity index (χ1v) is 3.96. The predicted octanol–water partition coefficient (Wildman–Crippen LogP) is 1.09. The summed E-state index contributed by atoms with van der Waals surface area (Å²) in [6.07, 6.45) is 5.88. The smallest absolute Gasteiger partial charge is 0.0889 e. The van der Waals surface area contributed by atoms with Crippen molar-refractivity contribution in [3.63, 3.8) is 0 Å². The Morgan fingerprint density at radius 2 is 2.64 bits per heavy atom. The third-order valence-corrected chi connectivity index (χ3v) is 2.20. The van der Waals surface area contributed by atoms with E-state index in [4.69, 9.17) is 0 Å². The predicted molar refractivity (Wildman–Crippen MR) is 43.2 cm³/mol. The first-order chi connectivity index (χ1) is 5.38. The van der Waals surface area contributed by atoms with Crippen molar-refractivity contribution in [2.24, 2.45) is 0 Å². The highest BCUT2D eigenvalue weighted by molar-refractivity contribution is 5.28. The van der Waals surface area contributed by atoms with Gasteiger partial charge in [0.2, 0.25) is 0 Å². The van der Waals surface area contributed by atoms with Crippen molar-refractivity contribution in [2.75, 3.05) is 6.54 Å². The molecule has 0 bridgehead atoms. The maximum absolute atomic E-state index is 3.98. The zero-order valence-electron chi connectivity index (χ0n) is 6.59. The van der Waals surface area contributed by atoms with Crippen LogP contribution in [0.15, 0.2) is 12.3 Å². The molecule has 0 amide bonds. The molecule has 11 heavy (non-hydrogen) atoms. The lowest BCUT2D eigenvalue weighted by Gasteiger charge is -2.22. The second-order valence-corrected chi connectivity index (χ2v) is 2.94. The highest BCUT2D eigenvalue weighted by Gasteiger charge is 2.14. The average Bonchev–Trinajstić information content (AvgIpc) is 2.06. The SMILES string of the molecule is CC1NCCc2c[c]ncc21. The largest absolute Gasteiger partial charge is 0.310 e. The number of hydrogen-bond acceptors (Lipinski definition) is 2. The van der Waals surface area contributed by atoms with Crippen molar-refractivity contribution in [1.29, 1.82) is 0 Å². The first-order valence-electron chi connectivity index (χ1n) is 3.96. The molecule has 0 saturated carbocycles. The molecule has 2 heterocycles. The van der Waals surface area contributed by atoms with E-state index in [0.29, 0.717) is 6.04 Å². The van der Waals surface area contributed by atoms with Crippen LogP contribution in [0, 0.1) is 6.20 Å². The first kappa shape index (κ1) is 6.80. The summed E-state index contributed by atoms with van der Waals surface area (Å²) in [5.74, 6) is 0. The molecule has 2 heteroatoms. The van der Waals surface area contributed by atoms with E-state index in [9.17, 15) is 0 Å². The number of pyridine rings is 1. The standard InChI is InChI=1S/C9H11N2/c1-7-9-6-10-4-2-8(9)3-5-11-7/h2,6-7,11H,3,5H2,1H3. The fourth-order valence-corrected chi connectivity index (χ4v) is 1.53. The molecule has 0 aromatic carbocycles. The van der Waals surface area contributed by atoms with E-state index < -0.39 is 0 Å². The quantitative estimate of drug-likeness (QED) is 0.594. The van der Waals surface area contributed by atoms with Gasteiger partial charge in [-0.1, -0.05) is 0 Å². The number of nitrogens with one attached hydrogen (secondary N) is 1. The third-order valence-electron chi connectivity index (χ3n) is 2.20. The van der Waals surface area contributed by atoms with Crippen molar-refractivity contribution in [2.45, 2.75) is 19.4 Å². The van der Waals surface area contributed by atoms with Gasteiger partial charge in [-0.05, 0) is 37.1 Å². The van der Waals surface area contributed by atoms with Crippen LogP contribution in [0.1, 0.15) is 24.1 Å². The number of rotatable bonds is 0. The molecule has 1 unspecified atom stereocenters. The molecule has 1 radical (unpaired) electrons. The van der Waals surface area contributed by atoms with Gasteiger partial charge < -0.3 is 5.32 Å². The Morgan fingerprint density at radius 3 is 3.45 bits per heavy atom. The van der Waals surface area contributed by atoms with E-state index in [-0.39, 0.29) is 0 Å². The Hall–Kier alpha value is -0.890. The maximum atomic E-state index is 3.98. The minimum atomic E-state index is 0.459. The van der Waals surface area contributed by atoms with E-state index in [1.54, 1.807) is 0 Å². The van der Waals surface area contributed by atoms with Crippen LogP contribution in [0.5, 0.6) is 0 Å². The lowest BCUT2D eigenvalue weighted by Crippen LogP contribution is -2.27. The number of fused-ring (bicyclic) bond motifs is 1. The van der Waals surface area contributed by atoms with Crippen molar-refractivity contribution in [3.05, 3.63) is 29.6 Å². The van der Waals surface area contributed by atoms with Crippen LogP contribution in [0.25, 0.3) is 0 Å². The van der Waals surface area contributed by atoms with Gasteiger partial charge in [0.05, 0.1) is 6.20 Å². The Labute approximate surface area is 66.7 Å². The zero-order chi connectivity index (χ0) is 7.68. The van der Waals surface area contributed by atoms with Crippen LogP contribution < -0.4 is 5.32 Å². The van der Waals surface area contributed by atoms with E-state index >= 15 is 0 Å². The van der Waals surface area contributed by atoms with Crippen molar-refractivity contribution < 1.29 is 0 Å². The van der Waals surface area contributed by atoms with Gasteiger partial charge in [0.25, 0.3) is 0 Å². The van der Waals surface area contributed by atoms with Gasteiger partial charge in [0.15, 0.2) is 0 Å². The van der Waals surface area contributed by atoms with Crippen LogP contribution >= 0.6 is 0 Å². The molecule has 1 aliphatic rings. The summed E-state index contributed by atoms with van der Waals surface area (Å²) in [5, 5.41) is 3.38. The van der Waals surface area contributed by atoms with Gasteiger partial charge >= 0.3 is 0 Å². The van der Waals surface area contributed by atoms with Crippen molar-refractivity contribution >= 4 is 0 Å². The van der Waals surface area contributed by atoms with Gasteiger partial charge in [0, 0.05) is 12.2 Å². The molecule has 1 aromatic rings. The lowest BCUT2D eigenvalue weighted by molar-refractivity contribution is 0.538. The molecular weight excluding hydrogens is 136 g/mol. The number of aromatic nitrogens is 1. The highest BCUT2D eigenvalue weighted by atomic mass is 14.9. The number of nitrogens with zero attached hydrogens (tertiary/aromatic N) is 1. The zero-order valence-corrected chi connectivity index (χ0v) is 6.59. The average molecular weight is 147 g/mol. The normalized spacial score (nSPS) is 22.8. The molecule has 0 spiro atoms. The van der Waals surface area contributed by atoms with E-state index in [1.165, 1.54) is 11.1 Å². The molecular formula is C9H11N2. The molecule has 1 aliphatic heterocycles. The summed E-state index contributed by atoms with van der Waals surface area (Å²) in [6, 6.07) is 2.45. The van der Waals surface area contributed by atoms with Crippen LogP contribution in [0.4, 0.5) is 0 Å². The second-order valence-electron chi connectivity index (χ2n) is 2.94. The second kappa shape index (κ2) is 2.62. The molecule has 0 fully saturated rings. The van der Waals surface area contributed by atoms with Gasteiger partial charge in [-0.25, -0.2) is 0 Å². The van der Waals surface area contributed by atoms with Gasteiger partial charge in [0.1, 0.15) is 0 Å². The van der Waals surface area contributed by atoms with E-state index in [2.05, 4.69) is 23.4 Å². The van der Waals surface area contributed by atoms with Crippen LogP contribution in [0.2, 0.25) is 0 Å². The monoisotopic (exact) mass is 147 g/mol. The Balaban J connectivity index is 2.44. The molecule has 2 rings (SSSR count). The van der Waals surface area contributed by atoms with Gasteiger partial charge in [-0.2, -0.15) is 0 Å². The fourth-order valence-electron chi connectivity index (χ4n) is 1.53. The minimum absolute atomic E-state index is 0.459. The summed E-state index contributed by atoms with van der Waals surface area (Å²) in [7, 11) is 0. The molecule has 0 aliphatic carbocycles. The fraction of sp³-hybridized carbons (Fsp3) is 0.444. The van der Waals surface area contributed by atoms with Crippen molar-refractivity contribution in [3.8, 4) is 0 Å². The van der Waals surface area contributed by atoms with Gasteiger partial charge in [-0.3, -0.25) is 4.98 Å². The molecule has 1 atom stereocenters. The lowest BCUT2D eigenvalue weighted by atomic mass is 9.98. The Bertz CT molecular complexity index is 257. The molecule has 1 aromatic heterocycles. The van der Waals surface area contributed by atoms with Crippen LogP contribution in [0.3, 0.4) is 0 Å². The molecule has 0 saturated heterocycles. The summed E-state index contributed by atoms with van der Waals surface area (Å²) < 4.78 is 0. The molecule has 57 valence electrons. The molecule has 1 N–H and O–H groups in total. The maximum Gasteiger partial charge on any atom is 0.0889 e. The van der Waals surface area contributed by atoms with Crippen LogP contribution in [-0.2, 0) is 6.42 Å². The van der Waals surface area contributed by atoms with Crippen LogP contribution in [-0.4, -0.2) is 11.5 Å². The van der Waals surface area contributed by atoms with Gasteiger partial charge in [-0.15, -0.1) is 0 Å². The van der Waals surface area contributed by atoms with Crippen molar-refractivity contribution in [1.82, 2.24) is 10.3 Å².